The fourth-order valence-electron chi connectivity index (χ4n) is 3.85. The summed E-state index contributed by atoms with van der Waals surface area (Å²) in [5.74, 6) is 0.817. The first kappa shape index (κ1) is 17.4. The summed E-state index contributed by atoms with van der Waals surface area (Å²) < 4.78 is 4.76. The predicted molar refractivity (Wildman–Crippen MR) is 99.5 cm³/mol. The lowest BCUT2D eigenvalue weighted by atomic mass is 9.96. The molecule has 0 aliphatic carbocycles. The second-order valence-electron chi connectivity index (χ2n) is 7.02. The van der Waals surface area contributed by atoms with Crippen LogP contribution in [0.3, 0.4) is 0 Å². The Morgan fingerprint density at radius 2 is 2.07 bits per heavy atom. The summed E-state index contributed by atoms with van der Waals surface area (Å²) in [7, 11) is 3.49. The molecule has 9 nitrogen and oxygen atoms in total. The molecule has 1 aliphatic rings. The second kappa shape index (κ2) is 6.64. The summed E-state index contributed by atoms with van der Waals surface area (Å²) in [4.78, 5) is 27.1. The number of benzene rings is 1. The first-order valence-corrected chi connectivity index (χ1v) is 9.22. The summed E-state index contributed by atoms with van der Waals surface area (Å²) in [5.41, 5.74) is 2.10. The number of likely N-dealkylation sites (tertiary alicyclic amines) is 1. The van der Waals surface area contributed by atoms with Gasteiger partial charge in [0.05, 0.1) is 5.52 Å². The molecule has 0 unspecified atom stereocenters. The first-order valence-electron chi connectivity index (χ1n) is 9.22. The minimum atomic E-state index is -0.107. The Kier molecular flexibility index (Phi) is 4.29. The van der Waals surface area contributed by atoms with E-state index in [1.807, 2.05) is 31.0 Å². The SMILES string of the molecule is CCn1c([C@H]2CCCN(C(=O)c3ccc4c(c3)nnn4C)C2)nn(C)c1=O. The standard InChI is InChI=1S/C18H23N7O2/c1-4-25-16(20-23(3)18(25)27)13-6-5-9-24(11-13)17(26)12-7-8-15-14(10-12)19-21-22(15)2/h7-8,10,13H,4-6,9,11H2,1-3H3/t13-/m0/s1. The highest BCUT2D eigenvalue weighted by Crippen LogP contribution is 2.26. The average molecular weight is 369 g/mol. The number of aromatic nitrogens is 6. The third-order valence-corrected chi connectivity index (χ3v) is 5.28. The van der Waals surface area contributed by atoms with Crippen molar-refractivity contribution in [3.05, 3.63) is 40.1 Å². The van der Waals surface area contributed by atoms with Gasteiger partial charge in [-0.15, -0.1) is 5.10 Å². The number of aryl methyl sites for hydroxylation is 2. The molecule has 142 valence electrons. The number of carbonyl (C=O) groups excluding carboxylic acids is 1. The summed E-state index contributed by atoms with van der Waals surface area (Å²) in [6.45, 7) is 3.79. The molecule has 1 amide bonds. The van der Waals surface area contributed by atoms with Crippen molar-refractivity contribution in [3.63, 3.8) is 0 Å². The van der Waals surface area contributed by atoms with Gasteiger partial charge < -0.3 is 4.90 Å². The number of amides is 1. The van der Waals surface area contributed by atoms with Crippen LogP contribution >= 0.6 is 0 Å². The van der Waals surface area contributed by atoms with E-state index in [2.05, 4.69) is 15.4 Å². The molecule has 4 rings (SSSR count). The molecule has 27 heavy (non-hydrogen) atoms. The fourth-order valence-corrected chi connectivity index (χ4v) is 3.85. The van der Waals surface area contributed by atoms with Crippen LogP contribution in [0.25, 0.3) is 11.0 Å². The Balaban J connectivity index is 1.59. The lowest BCUT2D eigenvalue weighted by Crippen LogP contribution is -2.40. The Labute approximate surface area is 156 Å². The molecular formula is C18H23N7O2. The van der Waals surface area contributed by atoms with Gasteiger partial charge in [0.1, 0.15) is 11.3 Å². The Morgan fingerprint density at radius 1 is 1.26 bits per heavy atom. The molecule has 1 atom stereocenters. The molecule has 1 saturated heterocycles. The van der Waals surface area contributed by atoms with E-state index in [4.69, 9.17) is 0 Å². The highest BCUT2D eigenvalue weighted by atomic mass is 16.2. The molecule has 0 bridgehead atoms. The van der Waals surface area contributed by atoms with Gasteiger partial charge in [-0.3, -0.25) is 9.36 Å². The van der Waals surface area contributed by atoms with Crippen LogP contribution in [0.2, 0.25) is 0 Å². The zero-order chi connectivity index (χ0) is 19.1. The van der Waals surface area contributed by atoms with E-state index >= 15 is 0 Å². The molecule has 3 heterocycles. The van der Waals surface area contributed by atoms with Crippen molar-refractivity contribution < 1.29 is 4.79 Å². The van der Waals surface area contributed by atoms with Crippen LogP contribution in [0.1, 0.15) is 41.9 Å². The van der Waals surface area contributed by atoms with Gasteiger partial charge in [-0.1, -0.05) is 5.21 Å². The van der Waals surface area contributed by atoms with Gasteiger partial charge in [-0.2, -0.15) is 5.10 Å². The van der Waals surface area contributed by atoms with E-state index in [-0.39, 0.29) is 17.5 Å². The van der Waals surface area contributed by atoms with Gasteiger partial charge in [0, 0.05) is 45.2 Å². The monoisotopic (exact) mass is 369 g/mol. The number of hydrogen-bond acceptors (Lipinski definition) is 5. The highest BCUT2D eigenvalue weighted by Gasteiger charge is 2.29. The van der Waals surface area contributed by atoms with Gasteiger partial charge in [0.2, 0.25) is 0 Å². The quantitative estimate of drug-likeness (QED) is 0.684. The molecule has 0 spiro atoms. The summed E-state index contributed by atoms with van der Waals surface area (Å²) in [6, 6.07) is 5.48. The second-order valence-corrected chi connectivity index (χ2v) is 7.02. The summed E-state index contributed by atoms with van der Waals surface area (Å²) in [5, 5.41) is 12.5. The zero-order valence-corrected chi connectivity index (χ0v) is 15.8. The molecule has 2 aromatic heterocycles. The van der Waals surface area contributed by atoms with Crippen LogP contribution in [0.15, 0.2) is 23.0 Å². The Morgan fingerprint density at radius 3 is 2.85 bits per heavy atom. The van der Waals surface area contributed by atoms with Crippen molar-refractivity contribution in [2.45, 2.75) is 32.2 Å². The largest absolute Gasteiger partial charge is 0.345 e. The molecule has 9 heteroatoms. The van der Waals surface area contributed by atoms with Gasteiger partial charge in [-0.05, 0) is 38.0 Å². The molecule has 0 saturated carbocycles. The smallest absolute Gasteiger partial charge is 0.338 e. The van der Waals surface area contributed by atoms with Crippen molar-refractivity contribution in [2.24, 2.45) is 14.1 Å². The number of fused-ring (bicyclic) bond motifs is 1. The number of nitrogens with zero attached hydrogens (tertiary/aromatic N) is 7. The van der Waals surface area contributed by atoms with Crippen molar-refractivity contribution in [1.82, 2.24) is 34.2 Å². The average Bonchev–Trinajstić information content (AvgIpc) is 3.20. The number of piperidine rings is 1. The molecule has 1 aliphatic heterocycles. The molecule has 0 radical (unpaired) electrons. The van der Waals surface area contributed by atoms with Gasteiger partial charge >= 0.3 is 5.69 Å². The van der Waals surface area contributed by atoms with Crippen LogP contribution < -0.4 is 5.69 Å². The van der Waals surface area contributed by atoms with Crippen LogP contribution in [0.4, 0.5) is 0 Å². The van der Waals surface area contributed by atoms with Gasteiger partial charge in [0.15, 0.2) is 0 Å². The predicted octanol–water partition coefficient (Wildman–Crippen LogP) is 0.903. The van der Waals surface area contributed by atoms with Crippen LogP contribution in [-0.2, 0) is 20.6 Å². The lowest BCUT2D eigenvalue weighted by molar-refractivity contribution is 0.0703. The van der Waals surface area contributed by atoms with Gasteiger partial charge in [0.25, 0.3) is 5.91 Å². The van der Waals surface area contributed by atoms with Crippen molar-refractivity contribution >= 4 is 16.9 Å². The topological polar surface area (TPSA) is 90.8 Å². The summed E-state index contributed by atoms with van der Waals surface area (Å²) >= 11 is 0. The van der Waals surface area contributed by atoms with E-state index in [9.17, 15) is 9.59 Å². The molecular weight excluding hydrogens is 346 g/mol. The zero-order valence-electron chi connectivity index (χ0n) is 15.8. The van der Waals surface area contributed by atoms with E-state index in [1.54, 1.807) is 22.4 Å². The molecule has 0 N–H and O–H groups in total. The normalized spacial score (nSPS) is 17.6. The van der Waals surface area contributed by atoms with Gasteiger partial charge in [-0.25, -0.2) is 14.2 Å². The molecule has 3 aromatic rings. The Bertz CT molecular complexity index is 1060. The highest BCUT2D eigenvalue weighted by molar-refractivity contribution is 5.97. The maximum absolute atomic E-state index is 13.0. The molecule has 1 fully saturated rings. The summed E-state index contributed by atoms with van der Waals surface area (Å²) in [6.07, 6.45) is 1.81. The first-order chi connectivity index (χ1) is 13.0. The van der Waals surface area contributed by atoms with E-state index in [0.29, 0.717) is 30.7 Å². The van der Waals surface area contributed by atoms with E-state index in [0.717, 1.165) is 24.2 Å². The van der Waals surface area contributed by atoms with Crippen LogP contribution in [-0.4, -0.2) is 53.2 Å². The Hall–Kier alpha value is -2.97. The minimum absolute atomic E-state index is 0.0198. The molecule has 1 aromatic carbocycles. The number of rotatable bonds is 3. The third-order valence-electron chi connectivity index (χ3n) is 5.28. The maximum Gasteiger partial charge on any atom is 0.345 e. The lowest BCUT2D eigenvalue weighted by Gasteiger charge is -2.32. The van der Waals surface area contributed by atoms with E-state index < -0.39 is 0 Å². The number of carbonyl (C=O) groups is 1. The van der Waals surface area contributed by atoms with Crippen molar-refractivity contribution in [1.29, 1.82) is 0 Å². The van der Waals surface area contributed by atoms with E-state index in [1.165, 1.54) is 4.68 Å². The number of hydrogen-bond donors (Lipinski definition) is 0. The minimum Gasteiger partial charge on any atom is -0.338 e. The van der Waals surface area contributed by atoms with Crippen molar-refractivity contribution in [2.75, 3.05) is 13.1 Å². The third kappa shape index (κ3) is 2.92. The van der Waals surface area contributed by atoms with Crippen molar-refractivity contribution in [3.8, 4) is 0 Å². The van der Waals surface area contributed by atoms with Crippen LogP contribution in [0, 0.1) is 0 Å². The maximum atomic E-state index is 13.0. The fraction of sp³-hybridized carbons (Fsp3) is 0.500. The van der Waals surface area contributed by atoms with Crippen LogP contribution in [0.5, 0.6) is 0 Å².